The highest BCUT2D eigenvalue weighted by Gasteiger charge is 2.62. The fourth-order valence-corrected chi connectivity index (χ4v) is 6.54. The van der Waals surface area contributed by atoms with E-state index >= 15 is 0 Å². The number of hydrogen-bond acceptors (Lipinski definition) is 10. The Morgan fingerprint density at radius 3 is 2.68 bits per heavy atom. The number of hydrogen-bond donors (Lipinski definition) is 2. The number of pyridine rings is 2. The van der Waals surface area contributed by atoms with Crippen LogP contribution in [0.4, 0.5) is 24.8 Å². The van der Waals surface area contributed by atoms with Gasteiger partial charge < -0.3 is 19.7 Å². The molecule has 5 heterocycles. The molecule has 1 aliphatic carbocycles. The summed E-state index contributed by atoms with van der Waals surface area (Å²) in [6.07, 6.45) is -2.25. The maximum atomic E-state index is 13.5. The van der Waals surface area contributed by atoms with Gasteiger partial charge in [0.25, 0.3) is 15.9 Å². The third kappa shape index (κ3) is 5.92. The summed E-state index contributed by atoms with van der Waals surface area (Å²) in [5, 5.41) is 7.04. The molecule has 0 aromatic carbocycles. The van der Waals surface area contributed by atoms with Crippen LogP contribution in [0.15, 0.2) is 47.6 Å². The first-order chi connectivity index (χ1) is 20.8. The van der Waals surface area contributed by atoms with Gasteiger partial charge in [-0.25, -0.2) is 19.4 Å². The fourth-order valence-electron chi connectivity index (χ4n) is 5.60. The van der Waals surface area contributed by atoms with Crippen LogP contribution < -0.4 is 19.7 Å². The van der Waals surface area contributed by atoms with Gasteiger partial charge in [-0.05, 0) is 63.8 Å². The number of anilines is 2. The first kappa shape index (κ1) is 30.1. The smallest absolute Gasteiger partial charge is 0.394 e. The second-order valence-corrected chi connectivity index (χ2v) is 13.5. The molecule has 1 saturated heterocycles. The predicted octanol–water partition coefficient (Wildman–Crippen LogP) is 3.69. The molecule has 2 aliphatic heterocycles. The van der Waals surface area contributed by atoms with Gasteiger partial charge >= 0.3 is 6.18 Å². The number of rotatable bonds is 5. The quantitative estimate of drug-likeness (QED) is 0.427. The standard InChI is InChI=1S/C28H32F3N7O5S/c1-26(2)16-18-17-37(26)24-19(25(39)36-44(40,41)23-5-3-4-20(33-23)32-12-15-42-18)6-7-21(34-24)38-13-8-22(35-38)43-14-11-27(9-10-27)28(29,30)31/h3-8,13,18H,9-12,14-17H2,1-2H3,(H,32,33)(H,36,39). The molecule has 3 aromatic rings. The molecule has 2 fully saturated rings. The first-order valence-corrected chi connectivity index (χ1v) is 15.7. The van der Waals surface area contributed by atoms with E-state index in [1.165, 1.54) is 35.0 Å². The monoisotopic (exact) mass is 635 g/mol. The summed E-state index contributed by atoms with van der Waals surface area (Å²) >= 11 is 0. The van der Waals surface area contributed by atoms with Crippen LogP contribution in [0.1, 0.15) is 49.9 Å². The number of nitrogens with zero attached hydrogens (tertiary/aromatic N) is 5. The van der Waals surface area contributed by atoms with Gasteiger partial charge in [-0.2, -0.15) is 21.6 Å². The van der Waals surface area contributed by atoms with Crippen LogP contribution in [0.5, 0.6) is 5.88 Å². The van der Waals surface area contributed by atoms with Gasteiger partial charge in [0.2, 0.25) is 5.88 Å². The third-order valence-corrected chi connectivity index (χ3v) is 9.51. The molecule has 1 atom stereocenters. The lowest BCUT2D eigenvalue weighted by molar-refractivity contribution is -0.190. The molecule has 1 amide bonds. The van der Waals surface area contributed by atoms with Crippen molar-refractivity contribution in [3.05, 3.63) is 48.2 Å². The molecule has 0 radical (unpaired) electrons. The molecule has 3 aromatic heterocycles. The van der Waals surface area contributed by atoms with Crippen molar-refractivity contribution < 1.29 is 35.9 Å². The number of ether oxygens (including phenoxy) is 2. The van der Waals surface area contributed by atoms with Gasteiger partial charge in [-0.3, -0.25) is 4.79 Å². The van der Waals surface area contributed by atoms with Crippen molar-refractivity contribution in [2.24, 2.45) is 5.41 Å². The molecule has 16 heteroatoms. The van der Waals surface area contributed by atoms with Crippen LogP contribution in [-0.4, -0.2) is 78.2 Å². The summed E-state index contributed by atoms with van der Waals surface area (Å²) in [5.74, 6) is 0.0778. The minimum absolute atomic E-state index is 0.0145. The zero-order valence-corrected chi connectivity index (χ0v) is 24.9. The molecular weight excluding hydrogens is 603 g/mol. The Balaban J connectivity index is 1.30. The summed E-state index contributed by atoms with van der Waals surface area (Å²) in [6, 6.07) is 8.90. The molecule has 4 bridgehead atoms. The van der Waals surface area contributed by atoms with Crippen LogP contribution >= 0.6 is 0 Å². The van der Waals surface area contributed by atoms with E-state index in [9.17, 15) is 26.4 Å². The maximum absolute atomic E-state index is 13.5. The Morgan fingerprint density at radius 1 is 1.14 bits per heavy atom. The van der Waals surface area contributed by atoms with E-state index in [2.05, 4.69) is 20.1 Å². The number of aromatic nitrogens is 4. The number of amides is 1. The molecule has 2 N–H and O–H groups in total. The van der Waals surface area contributed by atoms with Crippen molar-refractivity contribution in [3.63, 3.8) is 0 Å². The maximum Gasteiger partial charge on any atom is 0.394 e. The molecular formula is C28H32F3N7O5S. The van der Waals surface area contributed by atoms with Gasteiger partial charge in [-0.15, -0.1) is 5.10 Å². The van der Waals surface area contributed by atoms with E-state index < -0.39 is 33.1 Å². The van der Waals surface area contributed by atoms with E-state index in [0.717, 1.165) is 0 Å². The van der Waals surface area contributed by atoms with Crippen LogP contribution in [0.2, 0.25) is 0 Å². The lowest BCUT2D eigenvalue weighted by Crippen LogP contribution is -2.41. The van der Waals surface area contributed by atoms with Gasteiger partial charge in [0.05, 0.1) is 30.3 Å². The topological polar surface area (TPSA) is 141 Å². The van der Waals surface area contributed by atoms with Crippen molar-refractivity contribution in [1.29, 1.82) is 0 Å². The Labute approximate surface area is 252 Å². The van der Waals surface area contributed by atoms with Gasteiger partial charge in [-0.1, -0.05) is 6.07 Å². The van der Waals surface area contributed by atoms with Gasteiger partial charge in [0.1, 0.15) is 11.6 Å². The normalized spacial score (nSPS) is 22.2. The van der Waals surface area contributed by atoms with Gasteiger partial charge in [0.15, 0.2) is 10.8 Å². The molecule has 1 saturated carbocycles. The van der Waals surface area contributed by atoms with E-state index in [1.54, 1.807) is 12.3 Å². The zero-order chi connectivity index (χ0) is 31.3. The van der Waals surface area contributed by atoms with Crippen LogP contribution in [0.3, 0.4) is 0 Å². The lowest BCUT2D eigenvalue weighted by atomic mass is 10.0. The summed E-state index contributed by atoms with van der Waals surface area (Å²) < 4.78 is 81.2. The zero-order valence-electron chi connectivity index (χ0n) is 24.1. The Hall–Kier alpha value is -3.92. The van der Waals surface area contributed by atoms with Crippen molar-refractivity contribution in [3.8, 4) is 11.7 Å². The van der Waals surface area contributed by atoms with Crippen molar-refractivity contribution in [2.75, 3.05) is 36.5 Å². The van der Waals surface area contributed by atoms with Crippen molar-refractivity contribution >= 4 is 27.6 Å². The summed E-state index contributed by atoms with van der Waals surface area (Å²) in [7, 11) is -4.33. The van der Waals surface area contributed by atoms with E-state index in [1.807, 2.05) is 18.7 Å². The number of carbonyl (C=O) groups excluding carboxylic acids is 1. The molecule has 44 heavy (non-hydrogen) atoms. The highest BCUT2D eigenvalue weighted by molar-refractivity contribution is 7.90. The predicted molar refractivity (Wildman–Crippen MR) is 152 cm³/mol. The molecule has 0 spiro atoms. The number of fused-ring (bicyclic) bond motifs is 6. The summed E-state index contributed by atoms with van der Waals surface area (Å²) in [6.45, 7) is 4.93. The average Bonchev–Trinajstić information content (AvgIpc) is 3.51. The SMILES string of the molecule is CC1(C)CC2CN1c1nc(-n3ccc(OCCC4(C(F)(F)F)CC4)n3)ccc1C(=O)NS(=O)(=O)c1cccc(n1)NCCO2. The van der Waals surface area contributed by atoms with E-state index in [0.29, 0.717) is 37.8 Å². The van der Waals surface area contributed by atoms with Crippen molar-refractivity contribution in [2.45, 2.75) is 62.4 Å². The van der Waals surface area contributed by atoms with Crippen molar-refractivity contribution in [1.82, 2.24) is 24.5 Å². The minimum Gasteiger partial charge on any atom is -0.477 e. The number of halogens is 3. The number of alkyl halides is 3. The molecule has 1 unspecified atom stereocenters. The Kier molecular flexibility index (Phi) is 7.47. The number of sulfonamides is 1. The van der Waals surface area contributed by atoms with Crippen LogP contribution in [-0.2, 0) is 14.8 Å². The van der Waals surface area contributed by atoms with Crippen LogP contribution in [0.25, 0.3) is 5.82 Å². The molecule has 236 valence electrons. The first-order valence-electron chi connectivity index (χ1n) is 14.2. The number of nitrogens with one attached hydrogen (secondary N) is 2. The summed E-state index contributed by atoms with van der Waals surface area (Å²) in [4.78, 5) is 24.3. The Morgan fingerprint density at radius 2 is 1.93 bits per heavy atom. The van der Waals surface area contributed by atoms with E-state index in [4.69, 9.17) is 14.5 Å². The Bertz CT molecular complexity index is 1670. The highest BCUT2D eigenvalue weighted by atomic mass is 32.2. The molecule has 12 nitrogen and oxygen atoms in total. The molecule has 3 aliphatic rings. The largest absolute Gasteiger partial charge is 0.477 e. The fraction of sp³-hybridized carbons (Fsp3) is 0.500. The number of carbonyl (C=O) groups is 1. The van der Waals surface area contributed by atoms with Gasteiger partial charge in [0, 0.05) is 30.9 Å². The third-order valence-electron chi connectivity index (χ3n) is 8.28. The minimum atomic E-state index is -4.33. The highest BCUT2D eigenvalue weighted by Crippen LogP contribution is 2.59. The second kappa shape index (κ2) is 10.9. The molecule has 6 rings (SSSR count). The van der Waals surface area contributed by atoms with E-state index in [-0.39, 0.29) is 54.3 Å². The van der Waals surface area contributed by atoms with Crippen LogP contribution in [0, 0.1) is 5.41 Å². The average molecular weight is 636 g/mol. The summed E-state index contributed by atoms with van der Waals surface area (Å²) in [5.41, 5.74) is -2.18. The lowest BCUT2D eigenvalue weighted by Gasteiger charge is -2.33. The second-order valence-electron chi connectivity index (χ2n) is 11.9.